The zero-order chi connectivity index (χ0) is 16.7. The molecule has 1 heterocycles. The van der Waals surface area contributed by atoms with E-state index in [0.717, 1.165) is 5.69 Å². The average Bonchev–Trinajstić information content (AvgIpc) is 2.60. The molecule has 0 aliphatic carbocycles. The Labute approximate surface area is 136 Å². The van der Waals surface area contributed by atoms with Crippen LogP contribution in [0, 0.1) is 11.3 Å². The third-order valence-corrected chi connectivity index (χ3v) is 3.45. The number of carbonyl (C=O) groups excluding carboxylic acids is 1. The molecule has 118 valence electrons. The number of amides is 1. The van der Waals surface area contributed by atoms with E-state index < -0.39 is 6.10 Å². The topological polar surface area (TPSA) is 66.2 Å². The second-order valence-electron chi connectivity index (χ2n) is 5.23. The molecule has 23 heavy (non-hydrogen) atoms. The smallest absolute Gasteiger partial charge is 0.263 e. The Bertz CT molecular complexity index is 678. The van der Waals surface area contributed by atoms with Crippen LogP contribution in [0.2, 0.25) is 0 Å². The summed E-state index contributed by atoms with van der Waals surface area (Å²) in [6.45, 7) is 2.30. The summed E-state index contributed by atoms with van der Waals surface area (Å²) in [7, 11) is 1.75. The SMILES string of the molecule is CC(Oc1ccc(C#N)cc1)C(=O)N(C)CCc1ccccn1. The van der Waals surface area contributed by atoms with E-state index in [0.29, 0.717) is 24.3 Å². The van der Waals surface area contributed by atoms with Crippen LogP contribution in [0.25, 0.3) is 0 Å². The van der Waals surface area contributed by atoms with E-state index in [1.54, 1.807) is 49.3 Å². The molecule has 2 aromatic rings. The molecule has 0 aliphatic rings. The molecule has 0 saturated heterocycles. The van der Waals surface area contributed by atoms with Gasteiger partial charge in [0.2, 0.25) is 0 Å². The van der Waals surface area contributed by atoms with E-state index in [-0.39, 0.29) is 5.91 Å². The van der Waals surface area contributed by atoms with Crippen LogP contribution in [0.15, 0.2) is 48.7 Å². The second kappa shape index (κ2) is 7.95. The lowest BCUT2D eigenvalue weighted by atomic mass is 10.2. The number of pyridine rings is 1. The number of hydrogen-bond acceptors (Lipinski definition) is 4. The van der Waals surface area contributed by atoms with Crippen LogP contribution < -0.4 is 4.74 Å². The quantitative estimate of drug-likeness (QED) is 0.822. The lowest BCUT2D eigenvalue weighted by Crippen LogP contribution is -2.39. The van der Waals surface area contributed by atoms with Crippen LogP contribution in [0.1, 0.15) is 18.2 Å². The van der Waals surface area contributed by atoms with E-state index in [4.69, 9.17) is 10.00 Å². The molecule has 1 amide bonds. The van der Waals surface area contributed by atoms with Gasteiger partial charge in [0, 0.05) is 31.9 Å². The predicted molar refractivity (Wildman–Crippen MR) is 86.8 cm³/mol. The minimum atomic E-state index is -0.586. The first-order chi connectivity index (χ1) is 11.1. The first kappa shape index (κ1) is 16.5. The molecule has 0 N–H and O–H groups in total. The lowest BCUT2D eigenvalue weighted by Gasteiger charge is -2.22. The molecule has 0 fully saturated rings. The molecule has 0 aliphatic heterocycles. The summed E-state index contributed by atoms with van der Waals surface area (Å²) < 4.78 is 5.63. The molecule has 1 atom stereocenters. The van der Waals surface area contributed by atoms with Gasteiger partial charge in [-0.15, -0.1) is 0 Å². The molecule has 2 rings (SSSR count). The number of benzene rings is 1. The maximum absolute atomic E-state index is 12.3. The second-order valence-corrected chi connectivity index (χ2v) is 5.23. The number of ether oxygens (including phenoxy) is 1. The Balaban J connectivity index is 1.86. The zero-order valence-corrected chi connectivity index (χ0v) is 13.3. The van der Waals surface area contributed by atoms with E-state index in [2.05, 4.69) is 4.98 Å². The summed E-state index contributed by atoms with van der Waals surface area (Å²) in [6.07, 6.45) is 1.86. The van der Waals surface area contributed by atoms with Crippen molar-refractivity contribution in [1.82, 2.24) is 9.88 Å². The van der Waals surface area contributed by atoms with Crippen molar-refractivity contribution in [2.45, 2.75) is 19.4 Å². The Morgan fingerprint density at radius 3 is 2.65 bits per heavy atom. The highest BCUT2D eigenvalue weighted by atomic mass is 16.5. The number of carbonyl (C=O) groups is 1. The average molecular weight is 309 g/mol. The summed E-state index contributed by atoms with van der Waals surface area (Å²) in [5.41, 5.74) is 1.51. The van der Waals surface area contributed by atoms with Gasteiger partial charge in [-0.05, 0) is 43.3 Å². The molecular weight excluding hydrogens is 290 g/mol. The van der Waals surface area contributed by atoms with Gasteiger partial charge < -0.3 is 9.64 Å². The molecule has 0 spiro atoms. The fraction of sp³-hybridized carbons (Fsp3) is 0.278. The van der Waals surface area contributed by atoms with Crippen LogP contribution >= 0.6 is 0 Å². The van der Waals surface area contributed by atoms with Crippen molar-refractivity contribution >= 4 is 5.91 Å². The minimum Gasteiger partial charge on any atom is -0.481 e. The monoisotopic (exact) mass is 309 g/mol. The fourth-order valence-corrected chi connectivity index (χ4v) is 2.11. The van der Waals surface area contributed by atoms with E-state index in [1.165, 1.54) is 0 Å². The van der Waals surface area contributed by atoms with Gasteiger partial charge in [0.05, 0.1) is 11.6 Å². The van der Waals surface area contributed by atoms with Gasteiger partial charge >= 0.3 is 0 Å². The van der Waals surface area contributed by atoms with Crippen molar-refractivity contribution in [3.63, 3.8) is 0 Å². The van der Waals surface area contributed by atoms with Crippen molar-refractivity contribution in [1.29, 1.82) is 5.26 Å². The van der Waals surface area contributed by atoms with Crippen molar-refractivity contribution in [3.05, 3.63) is 59.9 Å². The van der Waals surface area contributed by atoms with Crippen molar-refractivity contribution in [3.8, 4) is 11.8 Å². The maximum Gasteiger partial charge on any atom is 0.263 e. The van der Waals surface area contributed by atoms with Crippen molar-refractivity contribution in [2.24, 2.45) is 0 Å². The summed E-state index contributed by atoms with van der Waals surface area (Å²) in [6, 6.07) is 14.5. The predicted octanol–water partition coefficient (Wildman–Crippen LogP) is 2.42. The Hall–Kier alpha value is -2.87. The molecular formula is C18H19N3O2. The summed E-state index contributed by atoms with van der Waals surface area (Å²) in [4.78, 5) is 18.2. The highest BCUT2D eigenvalue weighted by Gasteiger charge is 2.19. The molecule has 5 heteroatoms. The minimum absolute atomic E-state index is 0.0923. The molecule has 0 saturated carbocycles. The van der Waals surface area contributed by atoms with Gasteiger partial charge in [-0.2, -0.15) is 5.26 Å². The van der Waals surface area contributed by atoms with Gasteiger partial charge in [-0.25, -0.2) is 0 Å². The van der Waals surface area contributed by atoms with Crippen LogP contribution in [0.3, 0.4) is 0 Å². The summed E-state index contributed by atoms with van der Waals surface area (Å²) in [5.74, 6) is 0.480. The Morgan fingerprint density at radius 1 is 1.30 bits per heavy atom. The van der Waals surface area contributed by atoms with Gasteiger partial charge in [0.15, 0.2) is 6.10 Å². The Morgan fingerprint density at radius 2 is 2.04 bits per heavy atom. The molecule has 1 aromatic carbocycles. The van der Waals surface area contributed by atoms with Crippen molar-refractivity contribution < 1.29 is 9.53 Å². The molecule has 0 bridgehead atoms. The van der Waals surface area contributed by atoms with Crippen LogP contribution in [-0.4, -0.2) is 35.5 Å². The first-order valence-corrected chi connectivity index (χ1v) is 7.42. The van der Waals surface area contributed by atoms with Gasteiger partial charge in [-0.1, -0.05) is 6.07 Å². The Kier molecular flexibility index (Phi) is 5.70. The van der Waals surface area contributed by atoms with Crippen LogP contribution in [0.4, 0.5) is 0 Å². The number of aromatic nitrogens is 1. The van der Waals surface area contributed by atoms with Crippen LogP contribution in [0.5, 0.6) is 5.75 Å². The summed E-state index contributed by atoms with van der Waals surface area (Å²) in [5, 5.41) is 8.77. The maximum atomic E-state index is 12.3. The number of hydrogen-bond donors (Lipinski definition) is 0. The first-order valence-electron chi connectivity index (χ1n) is 7.42. The number of likely N-dealkylation sites (N-methyl/N-ethyl adjacent to an activating group) is 1. The van der Waals surface area contributed by atoms with Crippen LogP contribution in [-0.2, 0) is 11.2 Å². The normalized spacial score (nSPS) is 11.3. The number of nitriles is 1. The molecule has 5 nitrogen and oxygen atoms in total. The van der Waals surface area contributed by atoms with Crippen molar-refractivity contribution in [2.75, 3.05) is 13.6 Å². The largest absolute Gasteiger partial charge is 0.481 e. The highest BCUT2D eigenvalue weighted by Crippen LogP contribution is 2.14. The van der Waals surface area contributed by atoms with E-state index >= 15 is 0 Å². The molecule has 0 radical (unpaired) electrons. The lowest BCUT2D eigenvalue weighted by molar-refractivity contribution is -0.136. The van der Waals surface area contributed by atoms with E-state index in [1.807, 2.05) is 24.3 Å². The fourth-order valence-electron chi connectivity index (χ4n) is 2.11. The van der Waals surface area contributed by atoms with Gasteiger partial charge in [0.1, 0.15) is 5.75 Å². The third-order valence-electron chi connectivity index (χ3n) is 3.45. The molecule has 1 aromatic heterocycles. The number of nitrogens with zero attached hydrogens (tertiary/aromatic N) is 3. The molecule has 1 unspecified atom stereocenters. The number of rotatable bonds is 6. The van der Waals surface area contributed by atoms with Gasteiger partial charge in [-0.3, -0.25) is 9.78 Å². The standard InChI is InChI=1S/C18H19N3O2/c1-14(23-17-8-6-15(13-19)7-9-17)18(22)21(2)12-10-16-5-3-4-11-20-16/h3-9,11,14H,10,12H2,1-2H3. The third kappa shape index (κ3) is 4.82. The highest BCUT2D eigenvalue weighted by molar-refractivity contribution is 5.80. The van der Waals surface area contributed by atoms with Gasteiger partial charge in [0.25, 0.3) is 5.91 Å². The zero-order valence-electron chi connectivity index (χ0n) is 13.3. The summed E-state index contributed by atoms with van der Waals surface area (Å²) >= 11 is 0. The van der Waals surface area contributed by atoms with E-state index in [9.17, 15) is 4.79 Å².